The van der Waals surface area contributed by atoms with E-state index < -0.39 is 5.82 Å². The number of thioether (sulfide) groups is 1. The van der Waals surface area contributed by atoms with Gasteiger partial charge in [-0.25, -0.2) is 4.39 Å². The average molecular weight is 262 g/mol. The summed E-state index contributed by atoms with van der Waals surface area (Å²) in [5, 5.41) is 7.29. The number of fused-ring (bicyclic) bond motifs is 1. The van der Waals surface area contributed by atoms with Crippen LogP contribution in [0, 0.1) is 5.82 Å². The molecule has 18 heavy (non-hydrogen) atoms. The second-order valence-corrected chi connectivity index (χ2v) is 5.29. The molecule has 0 bridgehead atoms. The zero-order valence-electron chi connectivity index (χ0n) is 9.57. The summed E-state index contributed by atoms with van der Waals surface area (Å²) in [5.74, 6) is 1.49. The Bertz CT molecular complexity index is 609. The highest BCUT2D eigenvalue weighted by atomic mass is 32.2. The van der Waals surface area contributed by atoms with E-state index in [1.807, 2.05) is 11.8 Å². The van der Waals surface area contributed by atoms with Crippen molar-refractivity contribution in [1.29, 1.82) is 0 Å². The maximum Gasteiger partial charge on any atom is 0.152 e. The minimum atomic E-state index is -0.497. The number of hydrogen-bond donors (Lipinski definition) is 1. The second-order valence-electron chi connectivity index (χ2n) is 4.19. The molecule has 5 heteroatoms. The van der Waals surface area contributed by atoms with Gasteiger partial charge in [0.1, 0.15) is 5.82 Å². The van der Waals surface area contributed by atoms with Crippen LogP contribution in [0.3, 0.4) is 0 Å². The minimum Gasteiger partial charge on any atom is -0.298 e. The van der Waals surface area contributed by atoms with E-state index in [0.717, 1.165) is 40.4 Å². The standard InChI is InChI=1S/C13H11FN2OS/c14-11-5-8(1-2-9(11)6-17)13-10-7-18-4-3-12(10)15-16-13/h1-2,5-6H,3-4,7H2,(H,15,16). The van der Waals surface area contributed by atoms with Crippen molar-refractivity contribution in [3.63, 3.8) is 0 Å². The number of carbonyl (C=O) groups is 1. The van der Waals surface area contributed by atoms with Crippen LogP contribution in [0.5, 0.6) is 0 Å². The van der Waals surface area contributed by atoms with Crippen molar-refractivity contribution < 1.29 is 9.18 Å². The van der Waals surface area contributed by atoms with E-state index in [1.165, 1.54) is 12.1 Å². The van der Waals surface area contributed by atoms with Gasteiger partial charge in [-0.2, -0.15) is 16.9 Å². The van der Waals surface area contributed by atoms with Gasteiger partial charge in [-0.05, 0) is 24.3 Å². The van der Waals surface area contributed by atoms with E-state index in [4.69, 9.17) is 0 Å². The van der Waals surface area contributed by atoms with Crippen molar-refractivity contribution >= 4 is 18.0 Å². The molecule has 1 aliphatic rings. The maximum absolute atomic E-state index is 13.6. The number of hydrogen-bond acceptors (Lipinski definition) is 3. The van der Waals surface area contributed by atoms with Crippen LogP contribution in [0.2, 0.25) is 0 Å². The normalized spacial score (nSPS) is 14.3. The van der Waals surface area contributed by atoms with Gasteiger partial charge in [0.05, 0.1) is 11.3 Å². The third-order valence-electron chi connectivity index (χ3n) is 3.10. The first-order valence-electron chi connectivity index (χ1n) is 5.68. The lowest BCUT2D eigenvalue weighted by molar-refractivity contribution is 0.112. The number of nitrogens with zero attached hydrogens (tertiary/aromatic N) is 1. The van der Waals surface area contributed by atoms with Gasteiger partial charge >= 0.3 is 0 Å². The molecule has 92 valence electrons. The van der Waals surface area contributed by atoms with Crippen LogP contribution in [0.1, 0.15) is 21.6 Å². The number of carbonyl (C=O) groups excluding carboxylic acids is 1. The van der Waals surface area contributed by atoms with Crippen LogP contribution in [-0.4, -0.2) is 22.2 Å². The number of aromatic nitrogens is 2. The number of aromatic amines is 1. The fourth-order valence-corrected chi connectivity index (χ4v) is 3.13. The summed E-state index contributed by atoms with van der Waals surface area (Å²) >= 11 is 1.85. The number of benzene rings is 1. The first-order valence-corrected chi connectivity index (χ1v) is 6.84. The number of aldehydes is 1. The number of nitrogens with one attached hydrogen (secondary N) is 1. The zero-order valence-corrected chi connectivity index (χ0v) is 10.4. The Morgan fingerprint density at radius 3 is 3.11 bits per heavy atom. The van der Waals surface area contributed by atoms with Crippen molar-refractivity contribution in [1.82, 2.24) is 10.2 Å². The summed E-state index contributed by atoms with van der Waals surface area (Å²) in [7, 11) is 0. The van der Waals surface area contributed by atoms with E-state index >= 15 is 0 Å². The highest BCUT2D eigenvalue weighted by Crippen LogP contribution is 2.32. The number of aryl methyl sites for hydroxylation is 1. The highest BCUT2D eigenvalue weighted by Gasteiger charge is 2.18. The minimum absolute atomic E-state index is 0.0810. The van der Waals surface area contributed by atoms with Gasteiger partial charge in [-0.15, -0.1) is 0 Å². The lowest BCUT2D eigenvalue weighted by Gasteiger charge is -2.11. The molecular formula is C13H11FN2OS. The Hall–Kier alpha value is -1.62. The molecule has 0 saturated heterocycles. The quantitative estimate of drug-likeness (QED) is 0.846. The molecule has 0 fully saturated rings. The van der Waals surface area contributed by atoms with E-state index in [-0.39, 0.29) is 5.56 Å². The summed E-state index contributed by atoms with van der Waals surface area (Å²) in [6.45, 7) is 0. The first-order chi connectivity index (χ1) is 8.79. The summed E-state index contributed by atoms with van der Waals surface area (Å²) in [6, 6.07) is 4.61. The van der Waals surface area contributed by atoms with Gasteiger partial charge in [0.15, 0.2) is 6.29 Å². The SMILES string of the molecule is O=Cc1ccc(-c2n[nH]c3c2CSCC3)cc1F. The molecule has 1 N–H and O–H groups in total. The van der Waals surface area contributed by atoms with Gasteiger partial charge in [-0.1, -0.05) is 6.07 Å². The Morgan fingerprint density at radius 2 is 2.33 bits per heavy atom. The van der Waals surface area contributed by atoms with Crippen molar-refractivity contribution in [3.05, 3.63) is 40.8 Å². The summed E-state index contributed by atoms with van der Waals surface area (Å²) < 4.78 is 13.6. The third kappa shape index (κ3) is 1.84. The molecule has 0 saturated carbocycles. The molecule has 3 nitrogen and oxygen atoms in total. The van der Waals surface area contributed by atoms with Gasteiger partial charge in [0.25, 0.3) is 0 Å². The summed E-state index contributed by atoms with van der Waals surface area (Å²) in [6.07, 6.45) is 1.50. The molecule has 1 aromatic carbocycles. The maximum atomic E-state index is 13.6. The first kappa shape index (κ1) is 11.5. The Balaban J connectivity index is 2.07. The van der Waals surface area contributed by atoms with Crippen molar-refractivity contribution in [2.24, 2.45) is 0 Å². The largest absolute Gasteiger partial charge is 0.298 e. The summed E-state index contributed by atoms with van der Waals surface area (Å²) in [5.41, 5.74) is 3.90. The second kappa shape index (κ2) is 4.57. The Morgan fingerprint density at radius 1 is 1.44 bits per heavy atom. The van der Waals surface area contributed by atoms with Gasteiger partial charge in [0.2, 0.25) is 0 Å². The highest BCUT2D eigenvalue weighted by molar-refractivity contribution is 7.98. The molecule has 1 aromatic heterocycles. The van der Waals surface area contributed by atoms with Crippen molar-refractivity contribution in [2.45, 2.75) is 12.2 Å². The molecular weight excluding hydrogens is 251 g/mol. The zero-order chi connectivity index (χ0) is 12.5. The van der Waals surface area contributed by atoms with E-state index in [9.17, 15) is 9.18 Å². The predicted molar refractivity (Wildman–Crippen MR) is 69.2 cm³/mol. The van der Waals surface area contributed by atoms with Gasteiger partial charge in [-0.3, -0.25) is 9.89 Å². The van der Waals surface area contributed by atoms with Crippen LogP contribution >= 0.6 is 11.8 Å². The third-order valence-corrected chi connectivity index (χ3v) is 4.08. The Labute approximate surface area is 108 Å². The molecule has 2 aromatic rings. The Kier molecular flexibility index (Phi) is 2.91. The van der Waals surface area contributed by atoms with Crippen LogP contribution in [-0.2, 0) is 12.2 Å². The molecule has 0 spiro atoms. The molecule has 0 unspecified atom stereocenters. The predicted octanol–water partition coefficient (Wildman–Crippen LogP) is 2.82. The average Bonchev–Trinajstić information content (AvgIpc) is 2.82. The molecule has 0 amide bonds. The topological polar surface area (TPSA) is 45.8 Å². The molecule has 2 heterocycles. The van der Waals surface area contributed by atoms with Crippen LogP contribution in [0.15, 0.2) is 18.2 Å². The van der Waals surface area contributed by atoms with Gasteiger partial charge < -0.3 is 0 Å². The van der Waals surface area contributed by atoms with E-state index in [0.29, 0.717) is 6.29 Å². The van der Waals surface area contributed by atoms with E-state index in [1.54, 1.807) is 6.07 Å². The molecule has 3 rings (SSSR count). The fourth-order valence-electron chi connectivity index (χ4n) is 2.12. The van der Waals surface area contributed by atoms with Crippen molar-refractivity contribution in [3.8, 4) is 11.3 Å². The monoisotopic (exact) mass is 262 g/mol. The van der Waals surface area contributed by atoms with Gasteiger partial charge in [0, 0.05) is 22.6 Å². The van der Waals surface area contributed by atoms with Crippen LogP contribution in [0.25, 0.3) is 11.3 Å². The van der Waals surface area contributed by atoms with Crippen LogP contribution < -0.4 is 0 Å². The number of rotatable bonds is 2. The lowest BCUT2D eigenvalue weighted by Crippen LogP contribution is -2.01. The smallest absolute Gasteiger partial charge is 0.152 e. The molecule has 0 aliphatic carbocycles. The fraction of sp³-hybridized carbons (Fsp3) is 0.231. The van der Waals surface area contributed by atoms with E-state index in [2.05, 4.69) is 10.2 Å². The summed E-state index contributed by atoms with van der Waals surface area (Å²) in [4.78, 5) is 10.6. The van der Waals surface area contributed by atoms with Crippen molar-refractivity contribution in [2.75, 3.05) is 5.75 Å². The number of halogens is 1. The number of H-pyrrole nitrogens is 1. The molecule has 0 atom stereocenters. The lowest BCUT2D eigenvalue weighted by atomic mass is 10.0. The van der Waals surface area contributed by atoms with Crippen LogP contribution in [0.4, 0.5) is 4.39 Å². The molecule has 1 aliphatic heterocycles. The molecule has 0 radical (unpaired) electrons.